The van der Waals surface area contributed by atoms with Crippen LogP contribution in [-0.4, -0.2) is 40.5 Å². The lowest BCUT2D eigenvalue weighted by atomic mass is 9.99. The number of hydrogen-bond acceptors (Lipinski definition) is 7. The van der Waals surface area contributed by atoms with Crippen LogP contribution in [0.2, 0.25) is 0 Å². The maximum atomic E-state index is 13.1. The highest BCUT2D eigenvalue weighted by Gasteiger charge is 2.34. The van der Waals surface area contributed by atoms with Crippen molar-refractivity contribution < 1.29 is 17.6 Å². The van der Waals surface area contributed by atoms with Gasteiger partial charge in [-0.1, -0.05) is 6.07 Å². The summed E-state index contributed by atoms with van der Waals surface area (Å²) in [5.41, 5.74) is 0.942. The van der Waals surface area contributed by atoms with Crippen molar-refractivity contribution in [2.45, 2.75) is 24.3 Å². The Balaban J connectivity index is 1.50. The van der Waals surface area contributed by atoms with E-state index in [1.807, 2.05) is 0 Å². The third kappa shape index (κ3) is 3.60. The number of amides is 1. The van der Waals surface area contributed by atoms with E-state index in [0.29, 0.717) is 42.7 Å². The predicted molar refractivity (Wildman–Crippen MR) is 99.5 cm³/mol. The van der Waals surface area contributed by atoms with Gasteiger partial charge in [0.05, 0.1) is 30.5 Å². The summed E-state index contributed by atoms with van der Waals surface area (Å²) in [5, 5.41) is 2.82. The minimum absolute atomic E-state index is 0.144. The molecule has 1 aromatic carbocycles. The highest BCUT2D eigenvalue weighted by molar-refractivity contribution is 7.89. The molecule has 1 N–H and O–H groups in total. The fourth-order valence-electron chi connectivity index (χ4n) is 3.24. The molecular weight excluding hydrogens is 388 g/mol. The number of aromatic nitrogens is 2. The average molecular weight is 406 g/mol. The Morgan fingerprint density at radius 2 is 2.19 bits per heavy atom. The van der Waals surface area contributed by atoms with Crippen LogP contribution < -0.4 is 5.32 Å². The Labute approximate surface area is 160 Å². The number of nitrogens with zero attached hydrogens (tertiary/aromatic N) is 3. The van der Waals surface area contributed by atoms with Crippen LogP contribution in [-0.2, 0) is 21.4 Å². The Morgan fingerprint density at radius 1 is 1.30 bits per heavy atom. The Hall–Kier alpha value is -2.30. The van der Waals surface area contributed by atoms with Crippen molar-refractivity contribution >= 4 is 38.7 Å². The Kier molecular flexibility index (Phi) is 4.94. The minimum Gasteiger partial charge on any atom is -0.467 e. The van der Waals surface area contributed by atoms with Gasteiger partial charge in [-0.05, 0) is 37.1 Å². The molecule has 4 rings (SSSR count). The molecule has 0 saturated carbocycles. The van der Waals surface area contributed by atoms with Gasteiger partial charge >= 0.3 is 0 Å². The van der Waals surface area contributed by atoms with Crippen molar-refractivity contribution in [2.75, 3.05) is 13.1 Å². The summed E-state index contributed by atoms with van der Waals surface area (Å²) in [6, 6.07) is 8.47. The summed E-state index contributed by atoms with van der Waals surface area (Å²) in [4.78, 5) is 12.6. The van der Waals surface area contributed by atoms with E-state index in [0.717, 1.165) is 11.7 Å². The lowest BCUT2D eigenvalue weighted by molar-refractivity contribution is -0.126. The number of sulfonamides is 1. The van der Waals surface area contributed by atoms with Gasteiger partial charge in [0.2, 0.25) is 15.9 Å². The molecule has 3 heterocycles. The molecule has 1 aliphatic heterocycles. The number of nitrogens with one attached hydrogen (secondary N) is 1. The number of hydrogen-bond donors (Lipinski definition) is 1. The molecule has 1 aliphatic rings. The summed E-state index contributed by atoms with van der Waals surface area (Å²) in [6.45, 7) is 0.831. The Morgan fingerprint density at radius 3 is 3.00 bits per heavy atom. The van der Waals surface area contributed by atoms with Gasteiger partial charge in [0.1, 0.15) is 21.7 Å². The summed E-state index contributed by atoms with van der Waals surface area (Å²) in [7, 11) is -3.74. The predicted octanol–water partition coefficient (Wildman–Crippen LogP) is 2.00. The van der Waals surface area contributed by atoms with Gasteiger partial charge in [-0.15, -0.1) is 0 Å². The maximum Gasteiger partial charge on any atom is 0.245 e. The van der Waals surface area contributed by atoms with E-state index in [-0.39, 0.29) is 17.3 Å². The normalized spacial score (nSPS) is 18.6. The third-order valence-corrected chi connectivity index (χ3v) is 7.08. The molecule has 10 heteroatoms. The van der Waals surface area contributed by atoms with Crippen LogP contribution in [0.3, 0.4) is 0 Å². The van der Waals surface area contributed by atoms with Crippen LogP contribution in [0, 0.1) is 5.92 Å². The third-order valence-electron chi connectivity index (χ3n) is 4.64. The van der Waals surface area contributed by atoms with Gasteiger partial charge in [-0.3, -0.25) is 4.79 Å². The van der Waals surface area contributed by atoms with Crippen molar-refractivity contribution in [3.63, 3.8) is 0 Å². The zero-order valence-electron chi connectivity index (χ0n) is 14.4. The average Bonchev–Trinajstić information content (AvgIpc) is 3.37. The lowest BCUT2D eigenvalue weighted by Crippen LogP contribution is -2.45. The summed E-state index contributed by atoms with van der Waals surface area (Å²) in [5.74, 6) is 0.0995. The van der Waals surface area contributed by atoms with Crippen LogP contribution in [0.25, 0.3) is 11.0 Å². The van der Waals surface area contributed by atoms with E-state index in [1.165, 1.54) is 4.31 Å². The van der Waals surface area contributed by atoms with E-state index < -0.39 is 15.9 Å². The molecule has 0 bridgehead atoms. The second-order valence-corrected chi connectivity index (χ2v) is 8.82. The van der Waals surface area contributed by atoms with Crippen LogP contribution >= 0.6 is 11.7 Å². The van der Waals surface area contributed by atoms with Gasteiger partial charge in [-0.2, -0.15) is 13.1 Å². The molecule has 142 valence electrons. The van der Waals surface area contributed by atoms with Crippen molar-refractivity contribution in [1.82, 2.24) is 18.4 Å². The molecule has 0 aliphatic carbocycles. The highest BCUT2D eigenvalue weighted by Crippen LogP contribution is 2.28. The second kappa shape index (κ2) is 7.37. The summed E-state index contributed by atoms with van der Waals surface area (Å²) in [6.07, 6.45) is 2.83. The number of fused-ring (bicyclic) bond motifs is 1. The molecule has 1 amide bonds. The molecule has 27 heavy (non-hydrogen) atoms. The number of benzene rings is 1. The molecule has 1 unspecified atom stereocenters. The van der Waals surface area contributed by atoms with Crippen molar-refractivity contribution in [3.8, 4) is 0 Å². The van der Waals surface area contributed by atoms with Crippen molar-refractivity contribution in [1.29, 1.82) is 0 Å². The highest BCUT2D eigenvalue weighted by atomic mass is 32.2. The number of furan rings is 1. The van der Waals surface area contributed by atoms with Crippen LogP contribution in [0.15, 0.2) is 45.9 Å². The van der Waals surface area contributed by atoms with Crippen LogP contribution in [0.5, 0.6) is 0 Å². The van der Waals surface area contributed by atoms with E-state index in [2.05, 4.69) is 14.1 Å². The Bertz CT molecular complexity index is 1050. The van der Waals surface area contributed by atoms with Gasteiger partial charge in [-0.25, -0.2) is 8.42 Å². The zero-order chi connectivity index (χ0) is 18.9. The molecule has 2 aromatic heterocycles. The first-order valence-electron chi connectivity index (χ1n) is 8.57. The van der Waals surface area contributed by atoms with Gasteiger partial charge in [0.25, 0.3) is 0 Å². The number of carbonyl (C=O) groups excluding carboxylic acids is 1. The van der Waals surface area contributed by atoms with Crippen molar-refractivity contribution in [3.05, 3.63) is 42.4 Å². The molecule has 8 nitrogen and oxygen atoms in total. The number of rotatable bonds is 5. The minimum atomic E-state index is -3.74. The summed E-state index contributed by atoms with van der Waals surface area (Å²) < 4.78 is 41.1. The van der Waals surface area contributed by atoms with Gasteiger partial charge < -0.3 is 9.73 Å². The topological polar surface area (TPSA) is 105 Å². The van der Waals surface area contributed by atoms with Crippen molar-refractivity contribution in [2.24, 2.45) is 5.92 Å². The zero-order valence-corrected chi connectivity index (χ0v) is 16.0. The van der Waals surface area contributed by atoms with E-state index in [4.69, 9.17) is 4.42 Å². The molecule has 1 fully saturated rings. The van der Waals surface area contributed by atoms with E-state index in [1.54, 1.807) is 36.6 Å². The fraction of sp³-hybridized carbons (Fsp3) is 0.353. The monoisotopic (exact) mass is 406 g/mol. The molecule has 0 radical (unpaired) electrons. The lowest BCUT2D eigenvalue weighted by Gasteiger charge is -2.31. The molecule has 3 aromatic rings. The molecule has 1 saturated heterocycles. The first-order valence-corrected chi connectivity index (χ1v) is 10.7. The number of piperidine rings is 1. The van der Waals surface area contributed by atoms with Gasteiger partial charge in [0, 0.05) is 13.1 Å². The standard InChI is InChI=1S/C17H18N4O4S2/c22-17(18-10-13-5-3-9-25-13)12-4-2-8-21(11-12)27(23,24)15-7-1-6-14-16(15)20-26-19-14/h1,3,5-7,9,12H,2,4,8,10-11H2,(H,18,22). The first kappa shape index (κ1) is 18.1. The van der Waals surface area contributed by atoms with Crippen LogP contribution in [0.1, 0.15) is 18.6 Å². The van der Waals surface area contributed by atoms with E-state index >= 15 is 0 Å². The fourth-order valence-corrected chi connectivity index (χ4v) is 5.51. The van der Waals surface area contributed by atoms with E-state index in [9.17, 15) is 13.2 Å². The first-order chi connectivity index (χ1) is 13.1. The molecule has 1 atom stereocenters. The SMILES string of the molecule is O=C(NCc1ccco1)C1CCCN(S(=O)(=O)c2cccc3nsnc23)C1. The van der Waals surface area contributed by atoms with Crippen LogP contribution in [0.4, 0.5) is 0 Å². The van der Waals surface area contributed by atoms with Gasteiger partial charge in [0.15, 0.2) is 0 Å². The molecule has 0 spiro atoms. The summed E-state index contributed by atoms with van der Waals surface area (Å²) >= 11 is 0.985. The second-order valence-electron chi connectivity index (χ2n) is 6.39. The quantitative estimate of drug-likeness (QED) is 0.695. The molecular formula is C17H18N4O4S2. The number of carbonyl (C=O) groups is 1. The maximum absolute atomic E-state index is 13.1. The smallest absolute Gasteiger partial charge is 0.245 e. The largest absolute Gasteiger partial charge is 0.467 e.